The van der Waals surface area contributed by atoms with Crippen molar-refractivity contribution in [3.05, 3.63) is 120 Å². The van der Waals surface area contributed by atoms with Crippen LogP contribution in [0.25, 0.3) is 0 Å². The zero-order valence-electron chi connectivity index (χ0n) is 18.8. The molecule has 3 aromatic carbocycles. The first-order valence-corrected chi connectivity index (χ1v) is 11.9. The molecule has 0 saturated heterocycles. The quantitative estimate of drug-likeness (QED) is 0.325. The number of benzene rings is 3. The van der Waals surface area contributed by atoms with Crippen LogP contribution in [-0.4, -0.2) is 22.6 Å². The van der Waals surface area contributed by atoms with E-state index in [1.807, 2.05) is 54.6 Å². The minimum Gasteiger partial charge on any atom is -0.325 e. The van der Waals surface area contributed by atoms with Crippen molar-refractivity contribution in [1.82, 2.24) is 4.98 Å². The Labute approximate surface area is 208 Å². The molecule has 0 fully saturated rings. The van der Waals surface area contributed by atoms with Gasteiger partial charge in [-0.25, -0.2) is 0 Å². The second kappa shape index (κ2) is 11.6. The third-order valence-corrected chi connectivity index (χ3v) is 6.21. The summed E-state index contributed by atoms with van der Waals surface area (Å²) in [6, 6.07) is 27.7. The molecule has 172 valence electrons. The predicted molar refractivity (Wildman–Crippen MR) is 138 cm³/mol. The number of nitrogens with one attached hydrogen (secondary N) is 2. The van der Waals surface area contributed by atoms with Gasteiger partial charge in [0, 0.05) is 28.7 Å². The molecular formula is C28H22N4O2S. The number of aromatic nitrogens is 1. The van der Waals surface area contributed by atoms with Crippen LogP contribution in [0.1, 0.15) is 27.0 Å². The molecule has 0 radical (unpaired) electrons. The van der Waals surface area contributed by atoms with Crippen LogP contribution < -0.4 is 10.6 Å². The fourth-order valence-corrected chi connectivity index (χ4v) is 4.28. The van der Waals surface area contributed by atoms with Crippen LogP contribution in [0.5, 0.6) is 0 Å². The fourth-order valence-electron chi connectivity index (χ4n) is 3.43. The molecule has 0 spiro atoms. The van der Waals surface area contributed by atoms with E-state index in [0.717, 1.165) is 12.0 Å². The van der Waals surface area contributed by atoms with Gasteiger partial charge in [0.25, 0.3) is 5.91 Å². The van der Waals surface area contributed by atoms with Crippen molar-refractivity contribution in [2.45, 2.75) is 11.3 Å². The van der Waals surface area contributed by atoms with Crippen LogP contribution in [0.3, 0.4) is 0 Å². The highest BCUT2D eigenvalue weighted by Crippen LogP contribution is 2.24. The van der Waals surface area contributed by atoms with Crippen molar-refractivity contribution in [2.75, 3.05) is 16.4 Å². The molecule has 0 bridgehead atoms. The lowest BCUT2D eigenvalue weighted by molar-refractivity contribution is -0.113. The Morgan fingerprint density at radius 3 is 2.34 bits per heavy atom. The molecular weight excluding hydrogens is 456 g/mol. The molecule has 0 atom stereocenters. The second-order valence-electron chi connectivity index (χ2n) is 7.71. The highest BCUT2D eigenvalue weighted by molar-refractivity contribution is 8.00. The van der Waals surface area contributed by atoms with Gasteiger partial charge in [0.05, 0.1) is 22.9 Å². The lowest BCUT2D eigenvalue weighted by atomic mass is 10.1. The van der Waals surface area contributed by atoms with Crippen molar-refractivity contribution in [1.29, 1.82) is 5.26 Å². The highest BCUT2D eigenvalue weighted by Gasteiger charge is 2.13. The van der Waals surface area contributed by atoms with Gasteiger partial charge < -0.3 is 10.6 Å². The summed E-state index contributed by atoms with van der Waals surface area (Å²) < 4.78 is 0. The van der Waals surface area contributed by atoms with Gasteiger partial charge in [-0.05, 0) is 72.1 Å². The first-order chi connectivity index (χ1) is 17.1. The normalized spacial score (nSPS) is 10.3. The zero-order chi connectivity index (χ0) is 24.5. The van der Waals surface area contributed by atoms with Crippen LogP contribution in [0.15, 0.2) is 102 Å². The van der Waals surface area contributed by atoms with Crippen molar-refractivity contribution in [3.63, 3.8) is 0 Å². The lowest BCUT2D eigenvalue weighted by Crippen LogP contribution is -2.16. The Bertz CT molecular complexity index is 1370. The summed E-state index contributed by atoms with van der Waals surface area (Å²) in [5.74, 6) is -0.327. The number of amides is 2. The summed E-state index contributed by atoms with van der Waals surface area (Å²) in [6.07, 6.45) is 4.34. The van der Waals surface area contributed by atoms with Crippen LogP contribution in [-0.2, 0) is 11.2 Å². The van der Waals surface area contributed by atoms with E-state index in [0.29, 0.717) is 27.4 Å². The van der Waals surface area contributed by atoms with E-state index in [1.54, 1.807) is 48.8 Å². The Morgan fingerprint density at radius 2 is 1.57 bits per heavy atom. The molecule has 6 nitrogen and oxygen atoms in total. The molecule has 1 heterocycles. The van der Waals surface area contributed by atoms with E-state index >= 15 is 0 Å². The minimum absolute atomic E-state index is 0.130. The first kappa shape index (κ1) is 23.7. The van der Waals surface area contributed by atoms with E-state index in [9.17, 15) is 9.59 Å². The monoisotopic (exact) mass is 478 g/mol. The Kier molecular flexibility index (Phi) is 7.89. The minimum atomic E-state index is -0.239. The maximum absolute atomic E-state index is 13.0. The number of rotatable bonds is 8. The van der Waals surface area contributed by atoms with E-state index in [4.69, 9.17) is 5.26 Å². The smallest absolute Gasteiger partial charge is 0.256 e. The van der Waals surface area contributed by atoms with E-state index in [1.165, 1.54) is 17.3 Å². The number of nitriles is 1. The largest absolute Gasteiger partial charge is 0.325 e. The predicted octanol–water partition coefficient (Wildman–Crippen LogP) is 5.53. The summed E-state index contributed by atoms with van der Waals surface area (Å²) in [5.41, 5.74) is 4.54. The molecule has 2 N–H and O–H groups in total. The van der Waals surface area contributed by atoms with Crippen LogP contribution in [0.2, 0.25) is 0 Å². The number of carbonyl (C=O) groups excluding carboxylic acids is 2. The third-order valence-electron chi connectivity index (χ3n) is 5.14. The topological polar surface area (TPSA) is 94.9 Å². The number of hydrogen-bond acceptors (Lipinski definition) is 5. The van der Waals surface area contributed by atoms with Gasteiger partial charge in [0.15, 0.2) is 0 Å². The van der Waals surface area contributed by atoms with Crippen molar-refractivity contribution < 1.29 is 9.59 Å². The molecule has 0 unspecified atom stereocenters. The van der Waals surface area contributed by atoms with Crippen molar-refractivity contribution in [3.8, 4) is 6.07 Å². The molecule has 0 aliphatic heterocycles. The molecule has 1 aromatic heterocycles. The van der Waals surface area contributed by atoms with E-state index < -0.39 is 0 Å². The highest BCUT2D eigenvalue weighted by atomic mass is 32.2. The van der Waals surface area contributed by atoms with Gasteiger partial charge in [-0.3, -0.25) is 14.6 Å². The number of pyridine rings is 1. The van der Waals surface area contributed by atoms with Gasteiger partial charge in [-0.2, -0.15) is 5.26 Å². The van der Waals surface area contributed by atoms with Crippen LogP contribution >= 0.6 is 11.8 Å². The number of anilines is 2. The maximum Gasteiger partial charge on any atom is 0.256 e. The Balaban J connectivity index is 1.36. The SMILES string of the molecule is N#Cc1cccc(NC(=O)CSc2ccccc2C(=O)Nc2ccc(Cc3ccncc3)cc2)c1. The summed E-state index contributed by atoms with van der Waals surface area (Å²) in [4.78, 5) is 30.1. The van der Waals surface area contributed by atoms with Gasteiger partial charge in [-0.1, -0.05) is 30.3 Å². The molecule has 35 heavy (non-hydrogen) atoms. The average Bonchev–Trinajstić information content (AvgIpc) is 2.89. The van der Waals surface area contributed by atoms with Gasteiger partial charge >= 0.3 is 0 Å². The number of thioether (sulfide) groups is 1. The summed E-state index contributed by atoms with van der Waals surface area (Å²) in [6.45, 7) is 0. The average molecular weight is 479 g/mol. The second-order valence-corrected chi connectivity index (χ2v) is 8.73. The third kappa shape index (κ3) is 6.79. The van der Waals surface area contributed by atoms with Crippen LogP contribution in [0, 0.1) is 11.3 Å². The van der Waals surface area contributed by atoms with E-state index in [2.05, 4.69) is 15.6 Å². The van der Waals surface area contributed by atoms with Gasteiger partial charge in [0.1, 0.15) is 0 Å². The number of nitrogens with zero attached hydrogens (tertiary/aromatic N) is 2. The fraction of sp³-hybridized carbons (Fsp3) is 0.0714. The lowest BCUT2D eigenvalue weighted by Gasteiger charge is -2.11. The van der Waals surface area contributed by atoms with E-state index in [-0.39, 0.29) is 17.6 Å². The molecule has 0 saturated carbocycles. The summed E-state index contributed by atoms with van der Waals surface area (Å²) >= 11 is 1.28. The van der Waals surface area contributed by atoms with Crippen LogP contribution in [0.4, 0.5) is 11.4 Å². The Morgan fingerprint density at radius 1 is 0.829 bits per heavy atom. The maximum atomic E-state index is 13.0. The molecule has 0 aliphatic carbocycles. The van der Waals surface area contributed by atoms with Crippen molar-refractivity contribution >= 4 is 35.0 Å². The molecule has 4 rings (SSSR count). The Hall–Kier alpha value is -4.41. The van der Waals surface area contributed by atoms with Crippen molar-refractivity contribution in [2.24, 2.45) is 0 Å². The molecule has 7 heteroatoms. The summed E-state index contributed by atoms with van der Waals surface area (Å²) in [7, 11) is 0. The van der Waals surface area contributed by atoms with Gasteiger partial charge in [-0.15, -0.1) is 11.8 Å². The molecule has 2 amide bonds. The number of carbonyl (C=O) groups is 2. The molecule has 4 aromatic rings. The summed E-state index contributed by atoms with van der Waals surface area (Å²) in [5, 5.41) is 14.7. The zero-order valence-corrected chi connectivity index (χ0v) is 19.6. The van der Waals surface area contributed by atoms with Gasteiger partial charge in [0.2, 0.25) is 5.91 Å². The first-order valence-electron chi connectivity index (χ1n) is 10.9. The standard InChI is InChI=1S/C28H22N4O2S/c29-18-22-4-3-5-24(17-22)31-27(33)19-35-26-7-2-1-6-25(26)28(34)32-23-10-8-20(9-11-23)16-21-12-14-30-15-13-21/h1-15,17H,16,19H2,(H,31,33)(H,32,34). The molecule has 0 aliphatic rings. The number of hydrogen-bond donors (Lipinski definition) is 2.